The van der Waals surface area contributed by atoms with Gasteiger partial charge in [0.05, 0.1) is 0 Å². The summed E-state index contributed by atoms with van der Waals surface area (Å²) in [6.45, 7) is 18.1. The van der Waals surface area contributed by atoms with Gasteiger partial charge < -0.3 is 9.97 Å². The molecule has 271 valence electrons. The van der Waals surface area contributed by atoms with Crippen molar-refractivity contribution in [2.45, 2.75) is 71.6 Å². The zero-order valence-corrected chi connectivity index (χ0v) is 34.8. The van der Waals surface area contributed by atoms with Crippen molar-refractivity contribution in [3.05, 3.63) is 168 Å². The van der Waals surface area contributed by atoms with Crippen LogP contribution in [0.3, 0.4) is 0 Å². The van der Waals surface area contributed by atoms with Crippen molar-refractivity contribution in [3.8, 4) is 33.6 Å². The van der Waals surface area contributed by atoms with E-state index in [0.717, 1.165) is 22.5 Å². The predicted molar refractivity (Wildman–Crippen MR) is 224 cm³/mol. The molecule has 0 unspecified atom stereocenters. The second-order valence-corrected chi connectivity index (χ2v) is 17.0. The monoisotopic (exact) mass is 879 g/mol. The maximum Gasteiger partial charge on any atom is 0.0167 e. The van der Waals surface area contributed by atoms with E-state index in [1.807, 2.05) is 36.7 Å². The fraction of sp³-hybridized carbons (Fsp3) is 0.216. The van der Waals surface area contributed by atoms with Crippen molar-refractivity contribution in [2.75, 3.05) is 0 Å². The molecule has 0 spiro atoms. The van der Waals surface area contributed by atoms with Crippen molar-refractivity contribution in [1.82, 2.24) is 9.97 Å². The Balaban J connectivity index is 0.000000223. The molecule has 1 radical (unpaired) electrons. The Kier molecular flexibility index (Phi) is 9.71. The number of benzene rings is 6. The van der Waals surface area contributed by atoms with Crippen LogP contribution in [0.25, 0.3) is 66.0 Å². The molecular weight excluding hydrogens is 833 g/mol. The van der Waals surface area contributed by atoms with Crippen LogP contribution in [0.4, 0.5) is 0 Å². The molecule has 9 rings (SSSR count). The largest absolute Gasteiger partial charge is 0.305 e. The molecule has 54 heavy (non-hydrogen) atoms. The van der Waals surface area contributed by atoms with Crippen LogP contribution < -0.4 is 0 Å². The molecule has 0 aliphatic heterocycles. The van der Waals surface area contributed by atoms with Crippen LogP contribution in [0.2, 0.25) is 0 Å². The van der Waals surface area contributed by atoms with Crippen molar-refractivity contribution in [2.24, 2.45) is 0 Å². The number of hydrogen-bond donors (Lipinski definition) is 0. The molecule has 0 saturated carbocycles. The van der Waals surface area contributed by atoms with Gasteiger partial charge in [-0.1, -0.05) is 139 Å². The number of aromatic nitrogens is 2. The van der Waals surface area contributed by atoms with Gasteiger partial charge in [-0.3, -0.25) is 0 Å². The van der Waals surface area contributed by atoms with Crippen LogP contribution in [0.1, 0.15) is 77.6 Å². The molecular formula is C51H46IrN2-2. The van der Waals surface area contributed by atoms with Gasteiger partial charge in [0.2, 0.25) is 0 Å². The number of rotatable bonds is 2. The minimum atomic E-state index is -0.0438. The molecule has 1 aliphatic rings. The molecule has 0 atom stereocenters. The summed E-state index contributed by atoms with van der Waals surface area (Å²) >= 11 is 0. The number of nitrogens with zero attached hydrogens (tertiary/aromatic N) is 2. The summed E-state index contributed by atoms with van der Waals surface area (Å²) in [4.78, 5) is 9.27. The van der Waals surface area contributed by atoms with E-state index >= 15 is 0 Å². The first-order chi connectivity index (χ1) is 25.3. The standard InChI is InChI=1S/C36H30N.C15H16N.Ir/c1-35(2,3)24-12-15-25-22(20-24)10-13-27-26(25)16-17-31-28(27)18-19-37-34(31)23-11-14-30-29-8-6-7-9-32(29)36(4,5)33(30)21-23;1-15(2,3)13-9-10-16-14(11-13)12-7-5-4-6-8-12;/h6-10,12-21H,1-5H3;4-7,9-11H,1-3H3;/q2*-1;. The fourth-order valence-corrected chi connectivity index (χ4v) is 7.87. The van der Waals surface area contributed by atoms with E-state index < -0.39 is 0 Å². The maximum atomic E-state index is 4.88. The summed E-state index contributed by atoms with van der Waals surface area (Å²) < 4.78 is 0. The first kappa shape index (κ1) is 37.4. The summed E-state index contributed by atoms with van der Waals surface area (Å²) in [5, 5.41) is 7.56. The van der Waals surface area contributed by atoms with Crippen LogP contribution in [0.5, 0.6) is 0 Å². The molecule has 6 aromatic carbocycles. The third-order valence-corrected chi connectivity index (χ3v) is 11.0. The van der Waals surface area contributed by atoms with E-state index in [0.29, 0.717) is 0 Å². The minimum Gasteiger partial charge on any atom is -0.305 e. The van der Waals surface area contributed by atoms with Crippen molar-refractivity contribution < 1.29 is 20.1 Å². The van der Waals surface area contributed by atoms with E-state index in [1.54, 1.807) is 0 Å². The number of hydrogen-bond acceptors (Lipinski definition) is 2. The van der Waals surface area contributed by atoms with E-state index in [1.165, 1.54) is 65.7 Å². The van der Waals surface area contributed by atoms with Gasteiger partial charge in [-0.2, -0.15) is 0 Å². The van der Waals surface area contributed by atoms with Crippen LogP contribution in [0, 0.1) is 12.1 Å². The van der Waals surface area contributed by atoms with Gasteiger partial charge in [-0.05, 0) is 88.8 Å². The summed E-state index contributed by atoms with van der Waals surface area (Å²) in [6, 6.07) is 50.3. The number of fused-ring (bicyclic) bond motifs is 8. The Morgan fingerprint density at radius 2 is 1.17 bits per heavy atom. The Bertz CT molecular complexity index is 2660. The third kappa shape index (κ3) is 6.70. The molecule has 0 bridgehead atoms. The van der Waals surface area contributed by atoms with Crippen molar-refractivity contribution >= 4 is 32.3 Å². The van der Waals surface area contributed by atoms with Gasteiger partial charge in [-0.15, -0.1) is 65.2 Å². The molecule has 1 aliphatic carbocycles. The van der Waals surface area contributed by atoms with E-state index in [2.05, 4.69) is 170 Å². The van der Waals surface area contributed by atoms with Crippen molar-refractivity contribution in [1.29, 1.82) is 0 Å². The summed E-state index contributed by atoms with van der Waals surface area (Å²) in [5.74, 6) is 0. The van der Waals surface area contributed by atoms with Crippen molar-refractivity contribution in [3.63, 3.8) is 0 Å². The average molecular weight is 879 g/mol. The summed E-state index contributed by atoms with van der Waals surface area (Å²) in [5.41, 5.74) is 12.4. The van der Waals surface area contributed by atoms with E-state index in [4.69, 9.17) is 4.98 Å². The first-order valence-electron chi connectivity index (χ1n) is 18.7. The SMILES string of the molecule is CC(C)(C)c1ccc2c(ccc3c4ccnc(-c5[c-]cc6c(c5)C(C)(C)c5ccccc5-6)c4ccc23)c1.CC(C)(C)c1ccnc(-c2[c-]cccc2)c1.[Ir]. The number of pyridine rings is 2. The molecule has 0 saturated heterocycles. The topological polar surface area (TPSA) is 25.8 Å². The van der Waals surface area contributed by atoms with Gasteiger partial charge >= 0.3 is 0 Å². The molecule has 8 aromatic rings. The van der Waals surface area contributed by atoms with Gasteiger partial charge in [0.25, 0.3) is 0 Å². The zero-order valence-electron chi connectivity index (χ0n) is 32.4. The predicted octanol–water partition coefficient (Wildman–Crippen LogP) is 13.5. The Morgan fingerprint density at radius 1 is 0.519 bits per heavy atom. The van der Waals surface area contributed by atoms with Gasteiger partial charge in [0, 0.05) is 32.5 Å². The molecule has 2 heterocycles. The average Bonchev–Trinajstić information content (AvgIpc) is 3.39. The summed E-state index contributed by atoms with van der Waals surface area (Å²) in [7, 11) is 0. The molecule has 3 heteroatoms. The second kappa shape index (κ2) is 14.0. The van der Waals surface area contributed by atoms with Crippen LogP contribution >= 0.6 is 0 Å². The summed E-state index contributed by atoms with van der Waals surface area (Å²) in [6.07, 6.45) is 3.82. The molecule has 0 amide bonds. The fourth-order valence-electron chi connectivity index (χ4n) is 7.87. The Hall–Kier alpha value is -4.95. The molecule has 2 aromatic heterocycles. The van der Waals surface area contributed by atoms with Gasteiger partial charge in [0.15, 0.2) is 0 Å². The van der Waals surface area contributed by atoms with E-state index in [9.17, 15) is 0 Å². The smallest absolute Gasteiger partial charge is 0.0167 e. The minimum absolute atomic E-state index is 0. The molecule has 2 nitrogen and oxygen atoms in total. The Labute approximate surface area is 334 Å². The third-order valence-electron chi connectivity index (χ3n) is 11.0. The first-order valence-corrected chi connectivity index (χ1v) is 18.7. The van der Waals surface area contributed by atoms with Crippen LogP contribution in [-0.4, -0.2) is 9.97 Å². The van der Waals surface area contributed by atoms with Gasteiger partial charge in [-0.25, -0.2) is 0 Å². The van der Waals surface area contributed by atoms with Gasteiger partial charge in [0.1, 0.15) is 0 Å². The van der Waals surface area contributed by atoms with Crippen LogP contribution in [0.15, 0.2) is 134 Å². The molecule has 0 N–H and O–H groups in total. The van der Waals surface area contributed by atoms with E-state index in [-0.39, 0.29) is 36.4 Å². The zero-order chi connectivity index (χ0) is 37.1. The molecule has 0 fully saturated rings. The normalized spacial score (nSPS) is 13.2. The van der Waals surface area contributed by atoms with Crippen LogP contribution in [-0.2, 0) is 36.4 Å². The Morgan fingerprint density at radius 3 is 1.93 bits per heavy atom. The quantitative estimate of drug-likeness (QED) is 0.128. The second-order valence-electron chi connectivity index (χ2n) is 17.0. The maximum absolute atomic E-state index is 4.88.